The second-order valence-corrected chi connectivity index (χ2v) is 5.95. The number of nitrogens with one attached hydrogen (secondary N) is 2. The van der Waals surface area contributed by atoms with Gasteiger partial charge < -0.3 is 10.6 Å². The molecule has 0 aliphatic rings. The van der Waals surface area contributed by atoms with Crippen molar-refractivity contribution in [2.24, 2.45) is 0 Å². The molecule has 0 saturated carbocycles. The fourth-order valence-corrected chi connectivity index (χ4v) is 2.32. The predicted octanol–water partition coefficient (Wildman–Crippen LogP) is 0.0641. The number of carbonyl (C=O) groups is 1. The number of carbonyl (C=O) groups excluding carboxylic acids is 1. The molecule has 0 atom stereocenters. The largest absolute Gasteiger partial charge is 0.367 e. The highest BCUT2D eigenvalue weighted by molar-refractivity contribution is 5.75. The van der Waals surface area contributed by atoms with E-state index in [0.717, 1.165) is 5.69 Å². The van der Waals surface area contributed by atoms with Gasteiger partial charge in [0, 0.05) is 31.0 Å². The van der Waals surface area contributed by atoms with E-state index < -0.39 is 0 Å². The molecule has 0 spiro atoms. The van der Waals surface area contributed by atoms with Crippen LogP contribution in [0.5, 0.6) is 0 Å². The van der Waals surface area contributed by atoms with E-state index >= 15 is 0 Å². The van der Waals surface area contributed by atoms with Gasteiger partial charge in [-0.25, -0.2) is 9.67 Å². The van der Waals surface area contributed by atoms with E-state index in [4.69, 9.17) is 0 Å². The van der Waals surface area contributed by atoms with E-state index in [0.29, 0.717) is 30.4 Å². The van der Waals surface area contributed by atoms with Crippen LogP contribution in [0.1, 0.15) is 11.4 Å². The first kappa shape index (κ1) is 18.2. The maximum Gasteiger partial charge on any atom is 0.253 e. The fraction of sp³-hybridized carbons (Fsp3) is 0.294. The number of nitrogens with zero attached hydrogens (tertiary/aromatic N) is 6. The number of hydrogen-bond donors (Lipinski definition) is 2. The van der Waals surface area contributed by atoms with Gasteiger partial charge in [-0.05, 0) is 32.0 Å². The normalized spacial score (nSPS) is 10.6. The van der Waals surface area contributed by atoms with Gasteiger partial charge in [-0.2, -0.15) is 5.10 Å². The van der Waals surface area contributed by atoms with Crippen LogP contribution in [0.2, 0.25) is 0 Å². The molecule has 3 heterocycles. The van der Waals surface area contributed by atoms with E-state index in [1.54, 1.807) is 23.7 Å². The van der Waals surface area contributed by atoms with Crippen molar-refractivity contribution in [3.63, 3.8) is 0 Å². The summed E-state index contributed by atoms with van der Waals surface area (Å²) < 4.78 is 2.91. The van der Waals surface area contributed by atoms with Gasteiger partial charge in [0.2, 0.25) is 5.91 Å². The van der Waals surface area contributed by atoms with E-state index in [1.165, 1.54) is 17.0 Å². The molecule has 140 valence electrons. The molecule has 0 aromatic carbocycles. The number of aryl methyl sites for hydroxylation is 2. The van der Waals surface area contributed by atoms with Crippen LogP contribution in [-0.2, 0) is 11.3 Å². The van der Waals surface area contributed by atoms with Crippen molar-refractivity contribution in [2.45, 2.75) is 20.4 Å². The highest BCUT2D eigenvalue weighted by Crippen LogP contribution is 2.06. The molecule has 0 radical (unpaired) electrons. The van der Waals surface area contributed by atoms with Gasteiger partial charge in [-0.3, -0.25) is 14.2 Å². The van der Waals surface area contributed by atoms with Crippen molar-refractivity contribution >= 4 is 11.7 Å². The summed E-state index contributed by atoms with van der Waals surface area (Å²) >= 11 is 0. The zero-order chi connectivity index (χ0) is 19.2. The second-order valence-electron chi connectivity index (χ2n) is 5.95. The average Bonchev–Trinajstić information content (AvgIpc) is 3.08. The topological polar surface area (TPSA) is 120 Å². The van der Waals surface area contributed by atoms with Gasteiger partial charge in [0.25, 0.3) is 5.56 Å². The Morgan fingerprint density at radius 1 is 1.11 bits per heavy atom. The number of hydrogen-bond acceptors (Lipinski definition) is 7. The van der Waals surface area contributed by atoms with Crippen LogP contribution in [0.15, 0.2) is 41.6 Å². The molecule has 0 aliphatic heterocycles. The summed E-state index contributed by atoms with van der Waals surface area (Å²) in [5, 5.41) is 18.3. The summed E-state index contributed by atoms with van der Waals surface area (Å²) in [5.41, 5.74) is 1.27. The lowest BCUT2D eigenvalue weighted by molar-refractivity contribution is -0.121. The summed E-state index contributed by atoms with van der Waals surface area (Å²) in [6.45, 7) is 4.42. The summed E-state index contributed by atoms with van der Waals surface area (Å²) in [7, 11) is 0. The smallest absolute Gasteiger partial charge is 0.253 e. The maximum atomic E-state index is 11.9. The molecule has 0 fully saturated rings. The first-order valence-corrected chi connectivity index (χ1v) is 8.41. The third-order valence-corrected chi connectivity index (χ3v) is 3.69. The summed E-state index contributed by atoms with van der Waals surface area (Å²) in [5.74, 6) is 0.954. The van der Waals surface area contributed by atoms with Gasteiger partial charge in [0.1, 0.15) is 12.4 Å². The number of rotatable bonds is 7. The SMILES string of the molecule is Cc1cc(=O)n(CC(=O)NCCNc2ccc(-n3ccc(C)n3)nn2)cn1. The molecule has 3 aromatic rings. The average molecular weight is 368 g/mol. The Labute approximate surface area is 155 Å². The van der Waals surface area contributed by atoms with Crippen LogP contribution in [0.3, 0.4) is 0 Å². The Morgan fingerprint density at radius 2 is 1.96 bits per heavy atom. The molecule has 10 nitrogen and oxygen atoms in total. The Bertz CT molecular complexity index is 977. The zero-order valence-corrected chi connectivity index (χ0v) is 15.1. The van der Waals surface area contributed by atoms with Gasteiger partial charge in [0.15, 0.2) is 5.82 Å². The van der Waals surface area contributed by atoms with Crippen LogP contribution >= 0.6 is 0 Å². The quantitative estimate of drug-likeness (QED) is 0.566. The Morgan fingerprint density at radius 3 is 2.63 bits per heavy atom. The van der Waals surface area contributed by atoms with Crippen molar-refractivity contribution in [1.29, 1.82) is 0 Å². The molecule has 2 N–H and O–H groups in total. The lowest BCUT2D eigenvalue weighted by Crippen LogP contribution is -2.34. The minimum absolute atomic E-state index is 0.0656. The zero-order valence-electron chi connectivity index (χ0n) is 15.1. The molecule has 0 unspecified atom stereocenters. The standard InChI is InChI=1S/C17H20N8O2/c1-12-5-8-25(23-12)15-4-3-14(21-22-15)18-6-7-19-16(26)10-24-11-20-13(2)9-17(24)27/h3-5,8-9,11H,6-7,10H2,1-2H3,(H,18,21)(H,19,26). The van der Waals surface area contributed by atoms with Gasteiger partial charge >= 0.3 is 0 Å². The molecule has 0 bridgehead atoms. The Balaban J connectivity index is 1.43. The van der Waals surface area contributed by atoms with E-state index in [-0.39, 0.29) is 18.0 Å². The molecule has 0 saturated heterocycles. The van der Waals surface area contributed by atoms with Crippen molar-refractivity contribution < 1.29 is 4.79 Å². The van der Waals surface area contributed by atoms with Crippen LogP contribution in [0, 0.1) is 13.8 Å². The van der Waals surface area contributed by atoms with Gasteiger partial charge in [-0.15, -0.1) is 10.2 Å². The lowest BCUT2D eigenvalue weighted by Gasteiger charge is -2.08. The monoisotopic (exact) mass is 368 g/mol. The van der Waals surface area contributed by atoms with Crippen LogP contribution < -0.4 is 16.2 Å². The maximum absolute atomic E-state index is 11.9. The molecular formula is C17H20N8O2. The predicted molar refractivity (Wildman–Crippen MR) is 98.6 cm³/mol. The highest BCUT2D eigenvalue weighted by Gasteiger charge is 2.05. The van der Waals surface area contributed by atoms with E-state index in [9.17, 15) is 9.59 Å². The summed E-state index contributed by atoms with van der Waals surface area (Å²) in [6.07, 6.45) is 3.19. The molecule has 27 heavy (non-hydrogen) atoms. The van der Waals surface area contributed by atoms with Crippen molar-refractivity contribution in [1.82, 2.24) is 34.8 Å². The highest BCUT2D eigenvalue weighted by atomic mass is 16.2. The number of anilines is 1. The van der Waals surface area contributed by atoms with E-state index in [2.05, 4.69) is 30.9 Å². The second kappa shape index (κ2) is 8.21. The third kappa shape index (κ3) is 4.97. The molecule has 3 aromatic heterocycles. The summed E-state index contributed by atoms with van der Waals surface area (Å²) in [4.78, 5) is 27.6. The van der Waals surface area contributed by atoms with Gasteiger partial charge in [0.05, 0.1) is 12.0 Å². The van der Waals surface area contributed by atoms with Crippen molar-refractivity contribution in [3.8, 4) is 5.82 Å². The number of aromatic nitrogens is 6. The van der Waals surface area contributed by atoms with Crippen LogP contribution in [0.25, 0.3) is 5.82 Å². The fourth-order valence-electron chi connectivity index (χ4n) is 2.32. The Kier molecular flexibility index (Phi) is 5.55. The first-order chi connectivity index (χ1) is 13.0. The Hall–Kier alpha value is -3.56. The van der Waals surface area contributed by atoms with Crippen LogP contribution in [-0.4, -0.2) is 48.5 Å². The summed E-state index contributed by atoms with van der Waals surface area (Å²) in [6, 6.07) is 6.87. The number of amides is 1. The van der Waals surface area contributed by atoms with E-state index in [1.807, 2.05) is 19.2 Å². The first-order valence-electron chi connectivity index (χ1n) is 8.41. The minimum Gasteiger partial charge on any atom is -0.367 e. The van der Waals surface area contributed by atoms with Gasteiger partial charge in [-0.1, -0.05) is 0 Å². The third-order valence-electron chi connectivity index (χ3n) is 3.69. The molecule has 3 rings (SSSR count). The van der Waals surface area contributed by atoms with Crippen molar-refractivity contribution in [3.05, 3.63) is 58.5 Å². The minimum atomic E-state index is -0.264. The molecular weight excluding hydrogens is 348 g/mol. The molecule has 10 heteroatoms. The molecule has 0 aliphatic carbocycles. The molecule has 1 amide bonds. The lowest BCUT2D eigenvalue weighted by atomic mass is 10.4. The van der Waals surface area contributed by atoms with Crippen molar-refractivity contribution in [2.75, 3.05) is 18.4 Å². The van der Waals surface area contributed by atoms with Crippen LogP contribution in [0.4, 0.5) is 5.82 Å².